The molecule has 0 bridgehead atoms. The van der Waals surface area contributed by atoms with Crippen molar-refractivity contribution in [3.63, 3.8) is 0 Å². The topological polar surface area (TPSA) is 287 Å². The number of hydrogen-bond donors (Lipinski definition) is 0. The Morgan fingerprint density at radius 1 is 0.286 bits per heavy atom. The molecule has 0 amide bonds. The Bertz CT molecular complexity index is 2660. The summed E-state index contributed by atoms with van der Waals surface area (Å²) < 4.78 is 41.9. The highest BCUT2D eigenvalue weighted by molar-refractivity contribution is 5.71. The smallest absolute Gasteiger partial charge is 0.307 e. The Balaban J connectivity index is 0.968. The molecule has 1 aliphatic carbocycles. The SMILES string of the molecule is CCCCCCCCCCn1cc(CCOC(=O)CCN(CCCCCC(=O)O[C@H]2CC[C@H](OC(=O)CCCCCN(CCC(=O)OCCc3cn(CCCCCCCCCC)nn3)CCC(=O)OCCc3cn(CCCCCCCCCC)nn3)CC2)CCC(=O)OCCc2cn(CCCCCCCCCC)nn2)nn1. The number of esters is 6. The van der Waals surface area contributed by atoms with E-state index in [0.29, 0.717) is 103 Å². The largest absolute Gasteiger partial charge is 0.465 e. The third-order valence-electron chi connectivity index (χ3n) is 21.2. The molecule has 0 aliphatic heterocycles. The van der Waals surface area contributed by atoms with Gasteiger partial charge in [-0.1, -0.05) is 241 Å². The first-order valence-corrected chi connectivity index (χ1v) is 44.9. The summed E-state index contributed by atoms with van der Waals surface area (Å²) in [5, 5.41) is 34.3. The summed E-state index contributed by atoms with van der Waals surface area (Å²) >= 11 is 0. The van der Waals surface area contributed by atoms with Gasteiger partial charge in [-0.15, -0.1) is 20.4 Å². The molecule has 5 rings (SSSR count). The molecule has 0 N–H and O–H groups in total. The van der Waals surface area contributed by atoms with Crippen LogP contribution in [0.3, 0.4) is 0 Å². The zero-order valence-corrected chi connectivity index (χ0v) is 70.3. The second kappa shape index (κ2) is 64.6. The minimum Gasteiger partial charge on any atom is -0.465 e. The van der Waals surface area contributed by atoms with Crippen LogP contribution in [0, 0.1) is 0 Å². The molecule has 4 aromatic heterocycles. The lowest BCUT2D eigenvalue weighted by Crippen LogP contribution is -2.31. The predicted molar refractivity (Wildman–Crippen MR) is 436 cm³/mol. The van der Waals surface area contributed by atoms with E-state index in [2.05, 4.69) is 78.7 Å². The monoisotopic (exact) mass is 1570 g/mol. The maximum Gasteiger partial charge on any atom is 0.307 e. The van der Waals surface area contributed by atoms with Gasteiger partial charge in [-0.05, 0) is 90.1 Å². The van der Waals surface area contributed by atoms with E-state index in [1.54, 1.807) is 0 Å². The molecule has 0 spiro atoms. The predicted octanol–water partition coefficient (Wildman–Crippen LogP) is 16.7. The highest BCUT2D eigenvalue weighted by Gasteiger charge is 2.27. The first-order valence-electron chi connectivity index (χ1n) is 44.9. The number of carbonyl (C=O) groups is 6. The standard InChI is InChI=1S/C86H150N14O12/c1-5-9-13-17-21-25-29-39-59-97-71-75(87-91-97)53-67-107-81(101)49-63-95(64-50-82(102)108-68-54-76-72-98(92-88-76)60-40-30-26-22-18-14-10-6-2)57-37-33-35-43-85(105)111-79-45-47-80(48-46-79)112-86(106)44-36-34-38-58-96(65-51-83(103)109-69-55-77-73-99(93-89-77)61-41-31-27-23-19-15-11-7-3)66-52-84(104)110-70-56-78-74-100(94-90-78)62-42-32-28-24-20-16-12-8-4/h71-74,79-80H,5-70H2,1-4H3/t79-,80-. The van der Waals surface area contributed by atoms with Gasteiger partial charge < -0.3 is 38.2 Å². The first kappa shape index (κ1) is 95.9. The number of aromatic nitrogens is 12. The average molecular weight is 1570 g/mol. The van der Waals surface area contributed by atoms with Gasteiger partial charge in [0.2, 0.25) is 0 Å². The lowest BCUT2D eigenvalue weighted by molar-refractivity contribution is -0.158. The highest BCUT2D eigenvalue weighted by atomic mass is 16.6. The molecular weight excluding hydrogens is 1420 g/mol. The molecule has 4 aromatic rings. The molecule has 0 radical (unpaired) electrons. The number of aryl methyl sites for hydroxylation is 4. The quantitative estimate of drug-likeness (QED) is 0.0225. The van der Waals surface area contributed by atoms with Crippen molar-refractivity contribution >= 4 is 35.8 Å². The van der Waals surface area contributed by atoms with Crippen LogP contribution >= 0.6 is 0 Å². The fourth-order valence-corrected chi connectivity index (χ4v) is 14.2. The second-order valence-electron chi connectivity index (χ2n) is 31.4. The average Bonchev–Trinajstić information content (AvgIpc) is 1.67. The third kappa shape index (κ3) is 49.8. The Morgan fingerprint density at radius 2 is 0.509 bits per heavy atom. The van der Waals surface area contributed by atoms with E-state index in [1.807, 2.05) is 43.5 Å². The molecule has 26 nitrogen and oxygen atoms in total. The molecule has 636 valence electrons. The summed E-state index contributed by atoms with van der Waals surface area (Å²) in [4.78, 5) is 82.6. The van der Waals surface area contributed by atoms with Gasteiger partial charge in [0, 0.05) is 116 Å². The second-order valence-corrected chi connectivity index (χ2v) is 31.4. The van der Waals surface area contributed by atoms with Crippen LogP contribution in [-0.4, -0.2) is 183 Å². The fraction of sp³-hybridized carbons (Fsp3) is 0.837. The number of unbranched alkanes of at least 4 members (excludes halogenated alkanes) is 32. The van der Waals surface area contributed by atoms with E-state index >= 15 is 0 Å². The number of nitrogens with zero attached hydrogens (tertiary/aromatic N) is 14. The molecule has 0 unspecified atom stereocenters. The molecule has 0 saturated heterocycles. The molecule has 4 heterocycles. The lowest BCUT2D eigenvalue weighted by Gasteiger charge is -2.28. The summed E-state index contributed by atoms with van der Waals surface area (Å²) in [7, 11) is 0. The van der Waals surface area contributed by atoms with Crippen LogP contribution in [0.2, 0.25) is 0 Å². The molecule has 26 heteroatoms. The minimum atomic E-state index is -0.317. The van der Waals surface area contributed by atoms with Gasteiger partial charge in [-0.3, -0.25) is 47.5 Å². The molecule has 1 fully saturated rings. The van der Waals surface area contributed by atoms with Gasteiger partial charge >= 0.3 is 35.8 Å². The summed E-state index contributed by atoms with van der Waals surface area (Å²) in [6.45, 7) is 16.0. The van der Waals surface area contributed by atoms with Crippen molar-refractivity contribution in [2.75, 3.05) is 65.7 Å². The Labute approximate surface area is 672 Å². The van der Waals surface area contributed by atoms with Crippen LogP contribution in [0.15, 0.2) is 24.8 Å². The summed E-state index contributed by atoms with van der Waals surface area (Å²) in [6, 6.07) is 0. The maximum absolute atomic E-state index is 13.1. The van der Waals surface area contributed by atoms with Crippen molar-refractivity contribution < 1.29 is 57.2 Å². The summed E-state index contributed by atoms with van der Waals surface area (Å²) in [5.41, 5.74) is 3.17. The summed E-state index contributed by atoms with van der Waals surface area (Å²) in [6.07, 6.45) is 57.1. The van der Waals surface area contributed by atoms with E-state index in [-0.39, 0.29) is 113 Å². The molecule has 1 saturated carbocycles. The third-order valence-corrected chi connectivity index (χ3v) is 21.2. The number of ether oxygens (including phenoxy) is 6. The first-order chi connectivity index (χ1) is 54.9. The van der Waals surface area contributed by atoms with Crippen LogP contribution in [0.1, 0.15) is 359 Å². The zero-order valence-electron chi connectivity index (χ0n) is 70.3. The molecule has 1 aliphatic rings. The van der Waals surface area contributed by atoms with E-state index in [0.717, 1.165) is 100 Å². The minimum absolute atomic E-state index is 0.164. The zero-order chi connectivity index (χ0) is 79.8. The van der Waals surface area contributed by atoms with E-state index < -0.39 is 0 Å². The van der Waals surface area contributed by atoms with Crippen LogP contribution in [0.25, 0.3) is 0 Å². The van der Waals surface area contributed by atoms with Gasteiger partial charge in [0.25, 0.3) is 0 Å². The lowest BCUT2D eigenvalue weighted by atomic mass is 9.95. The van der Waals surface area contributed by atoms with Crippen LogP contribution < -0.4 is 0 Å². The van der Waals surface area contributed by atoms with Gasteiger partial charge in [0.1, 0.15) is 12.2 Å². The Hall–Kier alpha value is -6.70. The Morgan fingerprint density at radius 3 is 0.750 bits per heavy atom. The number of carbonyl (C=O) groups excluding carboxylic acids is 6. The summed E-state index contributed by atoms with van der Waals surface area (Å²) in [5.74, 6) is -1.76. The molecule has 112 heavy (non-hydrogen) atoms. The van der Waals surface area contributed by atoms with Crippen molar-refractivity contribution in [2.24, 2.45) is 0 Å². The van der Waals surface area contributed by atoms with Crippen LogP contribution in [0.5, 0.6) is 0 Å². The van der Waals surface area contributed by atoms with Crippen molar-refractivity contribution in [2.45, 2.75) is 400 Å². The van der Waals surface area contributed by atoms with Gasteiger partial charge in [-0.2, -0.15) is 0 Å². The molecule has 0 aromatic carbocycles. The van der Waals surface area contributed by atoms with Crippen molar-refractivity contribution in [1.29, 1.82) is 0 Å². The molecule has 0 atom stereocenters. The van der Waals surface area contributed by atoms with Gasteiger partial charge in [0.15, 0.2) is 0 Å². The van der Waals surface area contributed by atoms with Crippen molar-refractivity contribution in [1.82, 2.24) is 69.8 Å². The van der Waals surface area contributed by atoms with E-state index in [4.69, 9.17) is 28.4 Å². The number of rotatable bonds is 74. The van der Waals surface area contributed by atoms with Crippen molar-refractivity contribution in [3.8, 4) is 0 Å². The maximum atomic E-state index is 13.1. The Kier molecular flexibility index (Phi) is 55.3. The highest BCUT2D eigenvalue weighted by Crippen LogP contribution is 2.26. The number of hydrogen-bond acceptors (Lipinski definition) is 22. The van der Waals surface area contributed by atoms with E-state index in [1.165, 1.54) is 180 Å². The van der Waals surface area contributed by atoms with Crippen LogP contribution in [0.4, 0.5) is 0 Å². The van der Waals surface area contributed by atoms with Crippen molar-refractivity contribution in [3.05, 3.63) is 47.6 Å². The van der Waals surface area contributed by atoms with Crippen LogP contribution in [-0.2, 0) is 109 Å². The van der Waals surface area contributed by atoms with Gasteiger partial charge in [0.05, 0.1) is 74.9 Å². The van der Waals surface area contributed by atoms with Gasteiger partial charge in [-0.25, -0.2) is 0 Å². The fourth-order valence-electron chi connectivity index (χ4n) is 14.2. The van der Waals surface area contributed by atoms with E-state index in [9.17, 15) is 28.8 Å². The molecular formula is C86H150N14O12. The normalized spacial score (nSPS) is 13.7.